The summed E-state index contributed by atoms with van der Waals surface area (Å²) in [6.07, 6.45) is 1.62. The van der Waals surface area contributed by atoms with Crippen molar-refractivity contribution in [2.45, 2.75) is 111 Å². The van der Waals surface area contributed by atoms with E-state index >= 15 is 0 Å². The van der Waals surface area contributed by atoms with Crippen LogP contribution >= 0.6 is 0 Å². The van der Waals surface area contributed by atoms with Crippen LogP contribution in [0.4, 0.5) is 0 Å². The predicted molar refractivity (Wildman–Crippen MR) is 154 cm³/mol. The van der Waals surface area contributed by atoms with Crippen molar-refractivity contribution in [1.29, 1.82) is 0 Å². The van der Waals surface area contributed by atoms with Gasteiger partial charge in [0.15, 0.2) is 0 Å². The summed E-state index contributed by atoms with van der Waals surface area (Å²) in [4.78, 5) is 50.7. The first-order valence-corrected chi connectivity index (χ1v) is 16.1. The number of aliphatic hydroxyl groups is 1. The number of rotatable bonds is 6. The Hall–Kier alpha value is -2.68. The van der Waals surface area contributed by atoms with Crippen molar-refractivity contribution in [2.24, 2.45) is 46.3 Å². The molecule has 4 fully saturated rings. The number of fused-ring (bicyclic) bond motifs is 5. The Balaban J connectivity index is 1.40. The zero-order chi connectivity index (χ0) is 31.2. The second kappa shape index (κ2) is 10.5. The summed E-state index contributed by atoms with van der Waals surface area (Å²) < 4.78 is 23.4. The van der Waals surface area contributed by atoms with E-state index < -0.39 is 41.0 Å². The lowest BCUT2D eigenvalue weighted by molar-refractivity contribution is -0.156. The van der Waals surface area contributed by atoms with Gasteiger partial charge >= 0.3 is 23.9 Å². The normalized spacial score (nSPS) is 43.6. The van der Waals surface area contributed by atoms with Crippen LogP contribution in [-0.4, -0.2) is 60.0 Å². The van der Waals surface area contributed by atoms with Crippen LogP contribution in [0.5, 0.6) is 0 Å². The summed E-state index contributed by atoms with van der Waals surface area (Å²) in [5.41, 5.74) is 2.59. The SMILES string of the molecule is CC(=O)OCCCC(C)C1=C(C)CC2OC(=O)C3(CC45C(=C(C)C3C4OC(C)=O)CC3C(CC5C)OC(=O)C3C)C2C1O. The molecule has 9 nitrogen and oxygen atoms in total. The summed E-state index contributed by atoms with van der Waals surface area (Å²) >= 11 is 0. The molecule has 6 rings (SSSR count). The third-order valence-electron chi connectivity index (χ3n) is 12.3. The van der Waals surface area contributed by atoms with Crippen LogP contribution < -0.4 is 0 Å². The highest BCUT2D eigenvalue weighted by Crippen LogP contribution is 2.76. The fourth-order valence-corrected chi connectivity index (χ4v) is 10.6. The Kier molecular flexibility index (Phi) is 7.38. The molecular formula is C34H46O9. The van der Waals surface area contributed by atoms with E-state index in [0.29, 0.717) is 38.7 Å². The van der Waals surface area contributed by atoms with Crippen LogP contribution in [0.3, 0.4) is 0 Å². The van der Waals surface area contributed by atoms with Gasteiger partial charge < -0.3 is 24.1 Å². The van der Waals surface area contributed by atoms with Crippen molar-refractivity contribution in [3.8, 4) is 0 Å². The largest absolute Gasteiger partial charge is 0.466 e. The van der Waals surface area contributed by atoms with Gasteiger partial charge in [-0.1, -0.05) is 37.5 Å². The summed E-state index contributed by atoms with van der Waals surface area (Å²) in [5.74, 6) is -2.20. The molecule has 2 saturated heterocycles. The molecule has 6 aliphatic rings. The quantitative estimate of drug-likeness (QED) is 0.204. The molecule has 4 aliphatic carbocycles. The second-order valence-electron chi connectivity index (χ2n) is 14.4. The first kappa shape index (κ1) is 30.4. The maximum absolute atomic E-state index is 14.3. The molecule has 2 aliphatic heterocycles. The molecule has 12 unspecified atom stereocenters. The minimum absolute atomic E-state index is 0.0243. The van der Waals surface area contributed by atoms with Gasteiger partial charge in [0, 0.05) is 43.4 Å². The predicted octanol–water partition coefficient (Wildman–Crippen LogP) is 4.45. The Labute approximate surface area is 253 Å². The van der Waals surface area contributed by atoms with Gasteiger partial charge in [-0.25, -0.2) is 0 Å². The number of carbonyl (C=O) groups excluding carboxylic acids is 4. The molecule has 0 amide bonds. The van der Waals surface area contributed by atoms with Crippen LogP contribution in [0.2, 0.25) is 0 Å². The fraction of sp³-hybridized carbons (Fsp3) is 0.765. The molecule has 43 heavy (non-hydrogen) atoms. The highest BCUT2D eigenvalue weighted by molar-refractivity contribution is 5.84. The summed E-state index contributed by atoms with van der Waals surface area (Å²) in [6.45, 7) is 13.4. The van der Waals surface area contributed by atoms with Gasteiger partial charge in [0.1, 0.15) is 18.3 Å². The summed E-state index contributed by atoms with van der Waals surface area (Å²) in [5, 5.41) is 12.2. The smallest absolute Gasteiger partial charge is 0.313 e. The first-order valence-electron chi connectivity index (χ1n) is 16.1. The van der Waals surface area contributed by atoms with Gasteiger partial charge in [-0.05, 0) is 63.4 Å². The van der Waals surface area contributed by atoms with E-state index in [0.717, 1.165) is 23.1 Å². The highest BCUT2D eigenvalue weighted by Gasteiger charge is 2.79. The van der Waals surface area contributed by atoms with Crippen LogP contribution in [0, 0.1) is 46.3 Å². The maximum atomic E-state index is 14.3. The van der Waals surface area contributed by atoms with Crippen molar-refractivity contribution >= 4 is 23.9 Å². The molecule has 0 aromatic heterocycles. The molecule has 0 aromatic rings. The molecule has 0 aromatic carbocycles. The monoisotopic (exact) mass is 598 g/mol. The molecule has 2 saturated carbocycles. The lowest BCUT2D eigenvalue weighted by atomic mass is 9.55. The Morgan fingerprint density at radius 3 is 2.44 bits per heavy atom. The third kappa shape index (κ3) is 4.19. The Morgan fingerprint density at radius 2 is 1.77 bits per heavy atom. The summed E-state index contributed by atoms with van der Waals surface area (Å²) in [6, 6.07) is 0. The number of hydrogen-bond acceptors (Lipinski definition) is 9. The molecule has 1 N–H and O–H groups in total. The van der Waals surface area contributed by atoms with Crippen molar-refractivity contribution in [2.75, 3.05) is 6.61 Å². The van der Waals surface area contributed by atoms with Crippen molar-refractivity contribution in [1.82, 2.24) is 0 Å². The van der Waals surface area contributed by atoms with Gasteiger partial charge in [-0.2, -0.15) is 0 Å². The number of esters is 4. The van der Waals surface area contributed by atoms with Crippen molar-refractivity contribution in [3.05, 3.63) is 22.3 Å². The molecule has 0 radical (unpaired) electrons. The Morgan fingerprint density at radius 1 is 1.05 bits per heavy atom. The molecule has 2 spiro atoms. The van der Waals surface area contributed by atoms with Crippen molar-refractivity contribution < 1.29 is 43.2 Å². The average Bonchev–Trinajstić information content (AvgIpc) is 3.49. The molecule has 236 valence electrons. The van der Waals surface area contributed by atoms with Crippen LogP contribution in [-0.2, 0) is 38.1 Å². The summed E-state index contributed by atoms with van der Waals surface area (Å²) in [7, 11) is 0. The van der Waals surface area contributed by atoms with Crippen LogP contribution in [0.1, 0.15) is 87.0 Å². The van der Waals surface area contributed by atoms with E-state index in [-0.39, 0.29) is 53.7 Å². The zero-order valence-corrected chi connectivity index (χ0v) is 26.4. The van der Waals surface area contributed by atoms with E-state index in [2.05, 4.69) is 20.8 Å². The first-order chi connectivity index (χ1) is 20.2. The number of ether oxygens (including phenoxy) is 4. The van der Waals surface area contributed by atoms with E-state index in [1.807, 2.05) is 13.8 Å². The standard InChI is InChI=1S/C34H46O9/c1-15(9-8-10-40-20(6)35)26-16(2)11-25-28(29(26)37)34(32(39)43-25)14-33-17(3)12-24-22(18(4)31(38)42-24)13-23(33)19(5)27(34)30(33)41-21(7)36/h15,17-18,22,24-25,27-30,37H,8-14H2,1-7H3. The highest BCUT2D eigenvalue weighted by atomic mass is 16.6. The minimum Gasteiger partial charge on any atom is -0.466 e. The van der Waals surface area contributed by atoms with Crippen LogP contribution in [0.25, 0.3) is 0 Å². The van der Waals surface area contributed by atoms with E-state index in [9.17, 15) is 24.3 Å². The second-order valence-corrected chi connectivity index (χ2v) is 14.4. The maximum Gasteiger partial charge on any atom is 0.313 e. The minimum atomic E-state index is -1.03. The van der Waals surface area contributed by atoms with E-state index in [1.54, 1.807) is 0 Å². The topological polar surface area (TPSA) is 125 Å². The fourth-order valence-electron chi connectivity index (χ4n) is 10.6. The van der Waals surface area contributed by atoms with E-state index in [1.165, 1.54) is 19.4 Å². The van der Waals surface area contributed by atoms with Crippen molar-refractivity contribution in [3.63, 3.8) is 0 Å². The van der Waals surface area contributed by atoms with Gasteiger partial charge in [-0.15, -0.1) is 0 Å². The Bertz CT molecular complexity index is 1310. The molecule has 2 heterocycles. The number of carbonyl (C=O) groups is 4. The molecular weight excluding hydrogens is 552 g/mol. The lowest BCUT2D eigenvalue weighted by Gasteiger charge is -2.45. The number of hydrogen-bond donors (Lipinski definition) is 1. The molecule has 9 heteroatoms. The van der Waals surface area contributed by atoms with Gasteiger partial charge in [0.2, 0.25) is 0 Å². The average molecular weight is 599 g/mol. The zero-order valence-electron chi connectivity index (χ0n) is 26.4. The lowest BCUT2D eigenvalue weighted by Crippen LogP contribution is -2.50. The van der Waals surface area contributed by atoms with Gasteiger partial charge in [-0.3, -0.25) is 19.2 Å². The van der Waals surface area contributed by atoms with Gasteiger partial charge in [0.05, 0.1) is 24.0 Å². The third-order valence-corrected chi connectivity index (χ3v) is 12.3. The van der Waals surface area contributed by atoms with E-state index in [4.69, 9.17) is 18.9 Å². The van der Waals surface area contributed by atoms with Crippen LogP contribution in [0.15, 0.2) is 22.3 Å². The molecule has 2 bridgehead atoms. The van der Waals surface area contributed by atoms with Gasteiger partial charge in [0.25, 0.3) is 0 Å². The number of aliphatic hydroxyl groups excluding tert-OH is 1. The molecule has 12 atom stereocenters.